The van der Waals surface area contributed by atoms with Crippen LogP contribution in [0.5, 0.6) is 0 Å². The van der Waals surface area contributed by atoms with E-state index in [0.29, 0.717) is 44.8 Å². The maximum absolute atomic E-state index is 13.3. The molecule has 0 atom stereocenters. The molecule has 1 aromatic carbocycles. The molecule has 0 amide bonds. The highest BCUT2D eigenvalue weighted by molar-refractivity contribution is 7.90. The first-order valence-corrected chi connectivity index (χ1v) is 9.36. The molecule has 0 bridgehead atoms. The van der Waals surface area contributed by atoms with E-state index in [2.05, 4.69) is 4.90 Å². The molecule has 0 radical (unpaired) electrons. The lowest BCUT2D eigenvalue weighted by atomic mass is 10.1. The van der Waals surface area contributed by atoms with Crippen LogP contribution in [-0.4, -0.2) is 67.9 Å². The maximum Gasteiger partial charge on any atom is 0.274 e. The van der Waals surface area contributed by atoms with E-state index in [1.54, 1.807) is 0 Å². The molecule has 1 aromatic rings. The highest BCUT2D eigenvalue weighted by Crippen LogP contribution is 2.21. The number of nitro benzene ring substituents is 1. The van der Waals surface area contributed by atoms with Gasteiger partial charge in [-0.1, -0.05) is 0 Å². The molecular formula is C14H20FN3O4S. The number of rotatable bonds is 6. The van der Waals surface area contributed by atoms with Crippen molar-refractivity contribution in [3.05, 3.63) is 39.7 Å². The van der Waals surface area contributed by atoms with Crippen LogP contribution < -0.4 is 0 Å². The number of hydrogen-bond acceptors (Lipinski definition) is 6. The van der Waals surface area contributed by atoms with Crippen molar-refractivity contribution in [3.8, 4) is 0 Å². The van der Waals surface area contributed by atoms with E-state index in [1.165, 1.54) is 18.4 Å². The van der Waals surface area contributed by atoms with Crippen LogP contribution in [0.3, 0.4) is 0 Å². The van der Waals surface area contributed by atoms with E-state index in [-0.39, 0.29) is 11.4 Å². The standard InChI is InChI=1S/C14H20FN3O4S/c1-23(21,22)9-8-16-4-6-17(7-5-16)11-12-10-13(15)2-3-14(12)18(19)20/h2-3,10H,4-9,11H2,1H3. The number of nitro groups is 1. The Bertz CT molecular complexity index is 673. The molecule has 0 spiro atoms. The SMILES string of the molecule is CS(=O)(=O)CCN1CCN(Cc2cc(F)ccc2[N+](=O)[O-])CC1. The molecule has 128 valence electrons. The summed E-state index contributed by atoms with van der Waals surface area (Å²) in [6.07, 6.45) is 1.21. The maximum atomic E-state index is 13.3. The van der Waals surface area contributed by atoms with Crippen molar-refractivity contribution in [1.29, 1.82) is 0 Å². The first-order chi connectivity index (χ1) is 10.7. The molecule has 1 aliphatic heterocycles. The Morgan fingerprint density at radius 1 is 1.22 bits per heavy atom. The summed E-state index contributed by atoms with van der Waals surface area (Å²) in [7, 11) is -2.98. The monoisotopic (exact) mass is 345 g/mol. The van der Waals surface area contributed by atoms with Crippen molar-refractivity contribution < 1.29 is 17.7 Å². The highest BCUT2D eigenvalue weighted by atomic mass is 32.2. The minimum Gasteiger partial charge on any atom is -0.300 e. The fraction of sp³-hybridized carbons (Fsp3) is 0.571. The molecule has 9 heteroatoms. The molecule has 0 saturated carbocycles. The third kappa shape index (κ3) is 5.52. The number of hydrogen-bond donors (Lipinski definition) is 0. The van der Waals surface area contributed by atoms with Crippen LogP contribution >= 0.6 is 0 Å². The molecule has 0 unspecified atom stereocenters. The Morgan fingerprint density at radius 3 is 2.39 bits per heavy atom. The molecular weight excluding hydrogens is 325 g/mol. The summed E-state index contributed by atoms with van der Waals surface area (Å²) in [5.74, 6) is -0.361. The van der Waals surface area contributed by atoms with E-state index in [4.69, 9.17) is 0 Å². The lowest BCUT2D eigenvalue weighted by molar-refractivity contribution is -0.385. The van der Waals surface area contributed by atoms with E-state index >= 15 is 0 Å². The number of benzene rings is 1. The zero-order chi connectivity index (χ0) is 17.0. The molecule has 1 heterocycles. The summed E-state index contributed by atoms with van der Waals surface area (Å²) < 4.78 is 35.7. The molecule has 1 fully saturated rings. The largest absolute Gasteiger partial charge is 0.300 e. The lowest BCUT2D eigenvalue weighted by Gasteiger charge is -2.34. The van der Waals surface area contributed by atoms with Gasteiger partial charge in [-0.2, -0.15) is 0 Å². The molecule has 7 nitrogen and oxygen atoms in total. The summed E-state index contributed by atoms with van der Waals surface area (Å²) in [6, 6.07) is 3.48. The van der Waals surface area contributed by atoms with E-state index < -0.39 is 20.6 Å². The Hall–Kier alpha value is -1.58. The second-order valence-electron chi connectivity index (χ2n) is 5.78. The van der Waals surface area contributed by atoms with Gasteiger partial charge in [-0.25, -0.2) is 12.8 Å². The van der Waals surface area contributed by atoms with E-state index in [9.17, 15) is 22.9 Å². The lowest BCUT2D eigenvalue weighted by Crippen LogP contribution is -2.47. The van der Waals surface area contributed by atoms with Crippen molar-refractivity contribution in [2.24, 2.45) is 0 Å². The summed E-state index contributed by atoms with van der Waals surface area (Å²) in [6.45, 7) is 3.52. The second-order valence-corrected chi connectivity index (χ2v) is 8.04. The first kappa shape index (κ1) is 17.8. The molecule has 1 aliphatic rings. The number of halogens is 1. The zero-order valence-electron chi connectivity index (χ0n) is 12.9. The number of piperazine rings is 1. The average molecular weight is 345 g/mol. The molecule has 2 rings (SSSR count). The topological polar surface area (TPSA) is 83.8 Å². The fourth-order valence-corrected chi connectivity index (χ4v) is 3.16. The third-order valence-electron chi connectivity index (χ3n) is 3.88. The van der Waals surface area contributed by atoms with Crippen molar-refractivity contribution in [3.63, 3.8) is 0 Å². The highest BCUT2D eigenvalue weighted by Gasteiger charge is 2.21. The minimum absolute atomic E-state index is 0.0779. The van der Waals surface area contributed by atoms with Crippen molar-refractivity contribution in [1.82, 2.24) is 9.80 Å². The predicted octanol–water partition coefficient (Wildman–Crippen LogP) is 0.896. The van der Waals surface area contributed by atoms with Crippen LogP contribution in [0.15, 0.2) is 18.2 Å². The van der Waals surface area contributed by atoms with Gasteiger partial charge in [0.1, 0.15) is 15.7 Å². The van der Waals surface area contributed by atoms with E-state index in [0.717, 1.165) is 6.07 Å². The third-order valence-corrected chi connectivity index (χ3v) is 4.80. The normalized spacial score (nSPS) is 17.3. The number of sulfone groups is 1. The Kier molecular flexibility index (Phi) is 5.66. The van der Waals surface area contributed by atoms with Crippen LogP contribution in [0.2, 0.25) is 0 Å². The Morgan fingerprint density at radius 2 is 1.83 bits per heavy atom. The number of nitrogens with zero attached hydrogens (tertiary/aromatic N) is 3. The van der Waals surface area contributed by atoms with Crippen LogP contribution in [0.1, 0.15) is 5.56 Å². The average Bonchev–Trinajstić information content (AvgIpc) is 2.45. The summed E-state index contributed by atoms with van der Waals surface area (Å²) in [5.41, 5.74) is 0.283. The van der Waals surface area contributed by atoms with Gasteiger partial charge in [-0.3, -0.25) is 19.9 Å². The Labute approximate surface area is 134 Å². The van der Waals surface area contributed by atoms with Crippen LogP contribution in [0.4, 0.5) is 10.1 Å². The molecule has 1 saturated heterocycles. The first-order valence-electron chi connectivity index (χ1n) is 7.30. The summed E-state index contributed by atoms with van der Waals surface area (Å²) in [4.78, 5) is 14.6. The Balaban J connectivity index is 1.92. The van der Waals surface area contributed by atoms with Crippen LogP contribution in [0.25, 0.3) is 0 Å². The van der Waals surface area contributed by atoms with Gasteiger partial charge in [0.05, 0.1) is 10.7 Å². The van der Waals surface area contributed by atoms with Crippen molar-refractivity contribution in [2.45, 2.75) is 6.54 Å². The molecule has 23 heavy (non-hydrogen) atoms. The van der Waals surface area contributed by atoms with Crippen LogP contribution in [0, 0.1) is 15.9 Å². The zero-order valence-corrected chi connectivity index (χ0v) is 13.8. The molecule has 0 N–H and O–H groups in total. The summed E-state index contributed by atoms with van der Waals surface area (Å²) in [5, 5.41) is 11.0. The van der Waals surface area contributed by atoms with Gasteiger partial charge in [-0.05, 0) is 12.1 Å². The van der Waals surface area contributed by atoms with Crippen molar-refractivity contribution >= 4 is 15.5 Å². The van der Waals surface area contributed by atoms with Gasteiger partial charge in [0.2, 0.25) is 0 Å². The molecule has 0 aromatic heterocycles. The minimum atomic E-state index is -2.98. The van der Waals surface area contributed by atoms with Crippen molar-refractivity contribution in [2.75, 3.05) is 44.7 Å². The second kappa shape index (κ2) is 7.33. The predicted molar refractivity (Wildman–Crippen MR) is 84.5 cm³/mol. The van der Waals surface area contributed by atoms with Gasteiger partial charge < -0.3 is 0 Å². The summed E-state index contributed by atoms with van der Waals surface area (Å²) >= 11 is 0. The van der Waals surface area contributed by atoms with Gasteiger partial charge in [-0.15, -0.1) is 0 Å². The molecule has 0 aliphatic carbocycles. The smallest absolute Gasteiger partial charge is 0.274 e. The van der Waals surface area contributed by atoms with Gasteiger partial charge in [0.15, 0.2) is 0 Å². The van der Waals surface area contributed by atoms with Crippen LogP contribution in [-0.2, 0) is 16.4 Å². The van der Waals surface area contributed by atoms with Gasteiger partial charge in [0, 0.05) is 57.2 Å². The van der Waals surface area contributed by atoms with Gasteiger partial charge in [0.25, 0.3) is 5.69 Å². The van der Waals surface area contributed by atoms with Gasteiger partial charge >= 0.3 is 0 Å². The van der Waals surface area contributed by atoms with E-state index in [1.807, 2.05) is 4.90 Å². The quantitative estimate of drug-likeness (QED) is 0.563. The fourth-order valence-electron chi connectivity index (χ4n) is 2.57.